The average molecular weight is 316 g/mol. The van der Waals surface area contributed by atoms with Crippen molar-refractivity contribution in [2.24, 2.45) is 0 Å². The van der Waals surface area contributed by atoms with Crippen LogP contribution in [0.5, 0.6) is 5.75 Å². The van der Waals surface area contributed by atoms with E-state index in [1.54, 1.807) is 0 Å². The lowest BCUT2D eigenvalue weighted by molar-refractivity contribution is 0.354. The topological polar surface area (TPSA) is 9.23 Å². The highest BCUT2D eigenvalue weighted by molar-refractivity contribution is 9.09. The first-order valence-corrected chi connectivity index (χ1v) is 7.36. The van der Waals surface area contributed by atoms with Gasteiger partial charge in [-0.1, -0.05) is 39.2 Å². The summed E-state index contributed by atoms with van der Waals surface area (Å²) in [5, 5.41) is 1.83. The molecular formula is C14H16BrClO. The second-order valence-corrected chi connectivity index (χ2v) is 5.59. The van der Waals surface area contributed by atoms with Crippen molar-refractivity contribution >= 4 is 27.5 Å². The molecule has 1 aliphatic rings. The second-order valence-electron chi connectivity index (χ2n) is 4.36. The molecule has 2 rings (SSSR count). The Hall–Kier alpha value is -0.470. The SMILES string of the molecule is C/C(=C/CCBr)Cc1cc(Cl)cc2c1OCC2. The van der Waals surface area contributed by atoms with E-state index >= 15 is 0 Å². The van der Waals surface area contributed by atoms with Crippen molar-refractivity contribution < 1.29 is 4.74 Å². The van der Waals surface area contributed by atoms with Crippen molar-refractivity contribution in [3.05, 3.63) is 39.9 Å². The van der Waals surface area contributed by atoms with Gasteiger partial charge in [0.2, 0.25) is 0 Å². The summed E-state index contributed by atoms with van der Waals surface area (Å²) in [6, 6.07) is 4.04. The highest BCUT2D eigenvalue weighted by Crippen LogP contribution is 2.34. The molecule has 92 valence electrons. The van der Waals surface area contributed by atoms with Gasteiger partial charge < -0.3 is 4.74 Å². The van der Waals surface area contributed by atoms with Crippen LogP contribution in [0.1, 0.15) is 24.5 Å². The maximum atomic E-state index is 6.13. The Labute approximate surface area is 116 Å². The molecule has 0 atom stereocenters. The maximum Gasteiger partial charge on any atom is 0.126 e. The molecule has 0 bridgehead atoms. The van der Waals surface area contributed by atoms with Crippen LogP contribution >= 0.6 is 27.5 Å². The van der Waals surface area contributed by atoms with Crippen molar-refractivity contribution in [2.75, 3.05) is 11.9 Å². The Bertz CT molecular complexity index is 440. The Kier molecular flexibility index (Phi) is 4.52. The zero-order valence-corrected chi connectivity index (χ0v) is 12.3. The summed E-state index contributed by atoms with van der Waals surface area (Å²) < 4.78 is 5.69. The highest BCUT2D eigenvalue weighted by atomic mass is 79.9. The highest BCUT2D eigenvalue weighted by Gasteiger charge is 2.17. The standard InChI is InChI=1S/C14H16BrClO/c1-10(3-2-5-15)7-12-9-13(16)8-11-4-6-17-14(11)12/h3,8-9H,2,4-7H2,1H3/b10-3-. The Morgan fingerprint density at radius 2 is 2.35 bits per heavy atom. The summed E-state index contributed by atoms with van der Waals surface area (Å²) >= 11 is 9.57. The minimum atomic E-state index is 0.785. The van der Waals surface area contributed by atoms with E-state index in [0.717, 1.165) is 42.0 Å². The van der Waals surface area contributed by atoms with Crippen molar-refractivity contribution in [1.29, 1.82) is 0 Å². The zero-order valence-electron chi connectivity index (χ0n) is 9.93. The molecule has 0 aromatic heterocycles. The van der Waals surface area contributed by atoms with Gasteiger partial charge in [-0.25, -0.2) is 0 Å². The lowest BCUT2D eigenvalue weighted by atomic mass is 10.0. The van der Waals surface area contributed by atoms with Crippen LogP contribution in [0.4, 0.5) is 0 Å². The summed E-state index contributed by atoms with van der Waals surface area (Å²) in [6.07, 6.45) is 5.23. The van der Waals surface area contributed by atoms with E-state index in [4.69, 9.17) is 16.3 Å². The second kappa shape index (κ2) is 5.92. The molecule has 0 spiro atoms. The molecule has 0 saturated heterocycles. The van der Waals surface area contributed by atoms with Gasteiger partial charge in [0.05, 0.1) is 6.61 Å². The molecule has 17 heavy (non-hydrogen) atoms. The quantitative estimate of drug-likeness (QED) is 0.585. The molecule has 0 fully saturated rings. The summed E-state index contributed by atoms with van der Waals surface area (Å²) in [7, 11) is 0. The average Bonchev–Trinajstić information content (AvgIpc) is 2.74. The van der Waals surface area contributed by atoms with Crippen molar-refractivity contribution in [2.45, 2.75) is 26.2 Å². The van der Waals surface area contributed by atoms with Gasteiger partial charge in [0.15, 0.2) is 0 Å². The number of benzene rings is 1. The van der Waals surface area contributed by atoms with E-state index in [1.807, 2.05) is 12.1 Å². The molecule has 1 aliphatic heterocycles. The zero-order chi connectivity index (χ0) is 12.3. The molecule has 0 unspecified atom stereocenters. The van der Waals surface area contributed by atoms with E-state index < -0.39 is 0 Å². The van der Waals surface area contributed by atoms with Crippen LogP contribution in [0.25, 0.3) is 0 Å². The van der Waals surface area contributed by atoms with Crippen molar-refractivity contribution in [3.8, 4) is 5.75 Å². The van der Waals surface area contributed by atoms with E-state index in [2.05, 4.69) is 28.9 Å². The van der Waals surface area contributed by atoms with Gasteiger partial charge in [-0.15, -0.1) is 0 Å². The molecule has 1 heterocycles. The Balaban J connectivity index is 2.21. The van der Waals surface area contributed by atoms with E-state index in [-0.39, 0.29) is 0 Å². The summed E-state index contributed by atoms with van der Waals surface area (Å²) in [5.41, 5.74) is 3.83. The molecule has 0 aliphatic carbocycles. The lowest BCUT2D eigenvalue weighted by Crippen LogP contribution is -1.94. The van der Waals surface area contributed by atoms with Gasteiger partial charge in [-0.05, 0) is 43.0 Å². The fraction of sp³-hybridized carbons (Fsp3) is 0.429. The number of alkyl halides is 1. The van der Waals surface area contributed by atoms with Crippen LogP contribution in [0, 0.1) is 0 Å². The van der Waals surface area contributed by atoms with Gasteiger partial charge in [0.25, 0.3) is 0 Å². The molecule has 3 heteroatoms. The summed E-state index contributed by atoms with van der Waals surface area (Å²) in [6.45, 7) is 2.94. The Morgan fingerprint density at radius 3 is 3.12 bits per heavy atom. The number of rotatable bonds is 4. The first-order valence-electron chi connectivity index (χ1n) is 5.86. The van der Waals surface area contributed by atoms with Crippen LogP contribution < -0.4 is 4.74 Å². The van der Waals surface area contributed by atoms with Crippen LogP contribution in [0.2, 0.25) is 5.02 Å². The number of ether oxygens (including phenoxy) is 1. The molecule has 1 aromatic carbocycles. The third kappa shape index (κ3) is 3.26. The predicted octanol–water partition coefficient (Wildman–Crippen LogP) is 4.55. The fourth-order valence-corrected chi connectivity index (χ4v) is 2.64. The molecule has 0 N–H and O–H groups in total. The number of halogens is 2. The minimum Gasteiger partial charge on any atom is -0.493 e. The van der Waals surface area contributed by atoms with Gasteiger partial charge in [0, 0.05) is 16.8 Å². The first-order chi connectivity index (χ1) is 8.20. The predicted molar refractivity (Wildman–Crippen MR) is 76.5 cm³/mol. The van der Waals surface area contributed by atoms with Crippen molar-refractivity contribution in [1.82, 2.24) is 0 Å². The summed E-state index contributed by atoms with van der Waals surface area (Å²) in [5.74, 6) is 1.06. The van der Waals surface area contributed by atoms with Gasteiger partial charge in [-0.2, -0.15) is 0 Å². The van der Waals surface area contributed by atoms with E-state index in [0.29, 0.717) is 0 Å². The number of hydrogen-bond donors (Lipinski definition) is 0. The molecule has 0 radical (unpaired) electrons. The molecule has 0 amide bonds. The van der Waals surface area contributed by atoms with Crippen LogP contribution in [0.3, 0.4) is 0 Å². The van der Waals surface area contributed by atoms with Gasteiger partial charge in [-0.3, -0.25) is 0 Å². The van der Waals surface area contributed by atoms with E-state index in [9.17, 15) is 0 Å². The normalized spacial score (nSPS) is 14.6. The third-order valence-corrected chi connectivity index (χ3v) is 3.57. The monoisotopic (exact) mass is 314 g/mol. The van der Waals surface area contributed by atoms with Crippen molar-refractivity contribution in [3.63, 3.8) is 0 Å². The van der Waals surface area contributed by atoms with Crippen LogP contribution in [-0.4, -0.2) is 11.9 Å². The van der Waals surface area contributed by atoms with Gasteiger partial charge in [0.1, 0.15) is 5.75 Å². The number of fused-ring (bicyclic) bond motifs is 1. The van der Waals surface area contributed by atoms with E-state index in [1.165, 1.54) is 16.7 Å². The van der Waals surface area contributed by atoms with Crippen LogP contribution in [-0.2, 0) is 12.8 Å². The van der Waals surface area contributed by atoms with Gasteiger partial charge >= 0.3 is 0 Å². The first kappa shape index (κ1) is 13.0. The number of hydrogen-bond acceptors (Lipinski definition) is 1. The summed E-state index contributed by atoms with van der Waals surface area (Å²) in [4.78, 5) is 0. The largest absolute Gasteiger partial charge is 0.493 e. The minimum absolute atomic E-state index is 0.785. The molecule has 0 saturated carbocycles. The smallest absolute Gasteiger partial charge is 0.126 e. The maximum absolute atomic E-state index is 6.13. The van der Waals surface area contributed by atoms with Crippen LogP contribution in [0.15, 0.2) is 23.8 Å². The number of allylic oxidation sites excluding steroid dienone is 2. The lowest BCUT2D eigenvalue weighted by Gasteiger charge is -2.09. The fourth-order valence-electron chi connectivity index (χ4n) is 2.15. The molecular weight excluding hydrogens is 300 g/mol. The molecule has 1 nitrogen and oxygen atoms in total. The molecule has 1 aromatic rings. The third-order valence-electron chi connectivity index (χ3n) is 2.90. The Morgan fingerprint density at radius 1 is 1.53 bits per heavy atom.